The maximum Gasteiger partial charge on any atom is 0.135 e. The molecule has 0 aliphatic carbocycles. The summed E-state index contributed by atoms with van der Waals surface area (Å²) in [6.07, 6.45) is 2.52. The zero-order valence-electron chi connectivity index (χ0n) is 13.8. The van der Waals surface area contributed by atoms with Crippen molar-refractivity contribution in [2.45, 2.75) is 13.0 Å². The van der Waals surface area contributed by atoms with Crippen molar-refractivity contribution in [2.24, 2.45) is 5.14 Å². The molecule has 1 aliphatic heterocycles. The third kappa shape index (κ3) is 2.86. The van der Waals surface area contributed by atoms with Crippen LogP contribution in [0.25, 0.3) is 22.0 Å². The second-order valence-electron chi connectivity index (χ2n) is 6.03. The lowest BCUT2D eigenvalue weighted by Crippen LogP contribution is -2.27. The Kier molecular flexibility index (Phi) is 4.33. The van der Waals surface area contributed by atoms with Crippen molar-refractivity contribution in [3.8, 4) is 16.9 Å². The minimum atomic E-state index is -0.167. The maximum atomic E-state index is 15.3. The topological polar surface area (TPSA) is 51.4 Å². The van der Waals surface area contributed by atoms with Crippen LogP contribution in [-0.2, 0) is 13.0 Å². The molecule has 0 fully saturated rings. The van der Waals surface area contributed by atoms with Crippen molar-refractivity contribution in [2.75, 3.05) is 13.7 Å². The predicted molar refractivity (Wildman–Crippen MR) is 99.6 cm³/mol. The molecule has 25 heavy (non-hydrogen) atoms. The van der Waals surface area contributed by atoms with Crippen molar-refractivity contribution >= 4 is 23.0 Å². The molecule has 0 spiro atoms. The molecule has 0 bridgehead atoms. The quantitative estimate of drug-likeness (QED) is 0.722. The number of halogens is 1. The Hall–Kier alpha value is -2.15. The monoisotopic (exact) mass is 355 g/mol. The van der Waals surface area contributed by atoms with Crippen LogP contribution in [0.15, 0.2) is 42.6 Å². The zero-order valence-corrected chi connectivity index (χ0v) is 14.6. The summed E-state index contributed by atoms with van der Waals surface area (Å²) in [6, 6.07) is 11.4. The molecule has 0 amide bonds. The van der Waals surface area contributed by atoms with E-state index in [-0.39, 0.29) is 5.82 Å². The fraction of sp³-hybridized carbons (Fsp3) is 0.211. The van der Waals surface area contributed by atoms with Gasteiger partial charge in [0.1, 0.15) is 11.6 Å². The van der Waals surface area contributed by atoms with E-state index in [2.05, 4.69) is 4.98 Å². The second-order valence-corrected chi connectivity index (χ2v) is 6.75. The van der Waals surface area contributed by atoms with Gasteiger partial charge in [0.25, 0.3) is 0 Å². The maximum absolute atomic E-state index is 15.3. The summed E-state index contributed by atoms with van der Waals surface area (Å²) in [4.78, 5) is 4.39. The molecule has 2 heterocycles. The normalized spacial score (nSPS) is 14.5. The number of benzene rings is 2. The van der Waals surface area contributed by atoms with E-state index in [1.807, 2.05) is 40.7 Å². The third-order valence-corrected chi connectivity index (χ3v) is 5.30. The molecule has 2 aromatic carbocycles. The molecular formula is C19H18FN3OS. The van der Waals surface area contributed by atoms with Gasteiger partial charge in [-0.1, -0.05) is 12.1 Å². The number of rotatable bonds is 3. The van der Waals surface area contributed by atoms with Crippen molar-refractivity contribution in [1.82, 2.24) is 9.29 Å². The molecule has 0 atom stereocenters. The van der Waals surface area contributed by atoms with Crippen LogP contribution < -0.4 is 9.88 Å². The second kappa shape index (κ2) is 6.63. The first-order valence-corrected chi connectivity index (χ1v) is 8.90. The highest BCUT2D eigenvalue weighted by Gasteiger charge is 2.22. The number of aromatic nitrogens is 1. The fourth-order valence-electron chi connectivity index (χ4n) is 3.35. The number of hydrogen-bond acceptors (Lipinski definition) is 5. The molecule has 4 nitrogen and oxygen atoms in total. The molecule has 1 aromatic heterocycles. The number of hydrogen-bond donors (Lipinski definition) is 1. The lowest BCUT2D eigenvalue weighted by atomic mass is 9.93. The standard InChI is InChI=1S/C19H18FN3OS/c1-24-13-3-5-15-14(6-8-22-18(15)10-13)16-4-2-12-7-9-23(25-21)11-17(12)19(16)20/h2-6,8,10H,7,9,11,21H2,1H3. The van der Waals surface area contributed by atoms with E-state index < -0.39 is 0 Å². The van der Waals surface area contributed by atoms with Crippen molar-refractivity contribution in [1.29, 1.82) is 0 Å². The zero-order chi connectivity index (χ0) is 17.4. The summed E-state index contributed by atoms with van der Waals surface area (Å²) >= 11 is 1.17. The number of nitrogens with zero attached hydrogens (tertiary/aromatic N) is 2. The summed E-state index contributed by atoms with van der Waals surface area (Å²) in [5, 5.41) is 6.57. The Morgan fingerprint density at radius 3 is 2.88 bits per heavy atom. The van der Waals surface area contributed by atoms with E-state index in [1.54, 1.807) is 13.3 Å². The lowest BCUT2D eigenvalue weighted by Gasteiger charge is -2.27. The third-order valence-electron chi connectivity index (χ3n) is 4.69. The van der Waals surface area contributed by atoms with Crippen LogP contribution in [0.4, 0.5) is 4.39 Å². The number of ether oxygens (including phenoxy) is 1. The number of nitrogens with two attached hydrogens (primary N) is 1. The molecule has 4 rings (SSSR count). The summed E-state index contributed by atoms with van der Waals surface area (Å²) in [6.45, 7) is 1.36. The van der Waals surface area contributed by atoms with Crippen LogP contribution in [0, 0.1) is 5.82 Å². The molecule has 0 saturated carbocycles. The number of pyridine rings is 1. The highest BCUT2D eigenvalue weighted by molar-refractivity contribution is 7.94. The van der Waals surface area contributed by atoms with Gasteiger partial charge in [-0.2, -0.15) is 0 Å². The van der Waals surface area contributed by atoms with Gasteiger partial charge >= 0.3 is 0 Å². The van der Waals surface area contributed by atoms with E-state index in [4.69, 9.17) is 9.88 Å². The van der Waals surface area contributed by atoms with Crippen molar-refractivity contribution in [3.63, 3.8) is 0 Å². The molecular weight excluding hydrogens is 337 g/mol. The fourth-order valence-corrected chi connectivity index (χ4v) is 3.76. The van der Waals surface area contributed by atoms with Crippen LogP contribution in [0.3, 0.4) is 0 Å². The first-order valence-electron chi connectivity index (χ1n) is 8.06. The van der Waals surface area contributed by atoms with Gasteiger partial charge in [0.15, 0.2) is 0 Å². The number of fused-ring (bicyclic) bond motifs is 2. The summed E-state index contributed by atoms with van der Waals surface area (Å²) < 4.78 is 22.5. The molecule has 0 saturated heterocycles. The SMILES string of the molecule is COc1ccc2c(-c3ccc4c(c3F)CN(SN)CC4)ccnc2c1. The Balaban J connectivity index is 1.87. The Morgan fingerprint density at radius 2 is 2.08 bits per heavy atom. The molecule has 128 valence electrons. The first kappa shape index (κ1) is 16.3. The van der Waals surface area contributed by atoms with Gasteiger partial charge in [-0.05, 0) is 35.7 Å². The van der Waals surface area contributed by atoms with E-state index in [0.29, 0.717) is 12.1 Å². The smallest absolute Gasteiger partial charge is 0.135 e. The average molecular weight is 355 g/mol. The highest BCUT2D eigenvalue weighted by Crippen LogP contribution is 2.35. The summed E-state index contributed by atoms with van der Waals surface area (Å²) in [5.41, 5.74) is 4.02. The summed E-state index contributed by atoms with van der Waals surface area (Å²) in [7, 11) is 1.62. The van der Waals surface area contributed by atoms with Crippen molar-refractivity contribution < 1.29 is 9.13 Å². The molecule has 0 unspecified atom stereocenters. The Labute approximate surface area is 150 Å². The van der Waals surface area contributed by atoms with Crippen molar-refractivity contribution in [3.05, 3.63) is 59.5 Å². The van der Waals surface area contributed by atoms with Gasteiger partial charge < -0.3 is 4.74 Å². The van der Waals surface area contributed by atoms with E-state index in [1.165, 1.54) is 12.1 Å². The minimum absolute atomic E-state index is 0.167. The van der Waals surface area contributed by atoms with E-state index >= 15 is 4.39 Å². The molecule has 0 radical (unpaired) electrons. The molecule has 3 aromatic rings. The van der Waals surface area contributed by atoms with Crippen LogP contribution in [0.2, 0.25) is 0 Å². The van der Waals surface area contributed by atoms with Gasteiger partial charge in [0, 0.05) is 54.0 Å². The summed E-state index contributed by atoms with van der Waals surface area (Å²) in [5.74, 6) is 0.568. The molecule has 2 N–H and O–H groups in total. The van der Waals surface area contributed by atoms with E-state index in [0.717, 1.165) is 46.3 Å². The van der Waals surface area contributed by atoms with E-state index in [9.17, 15) is 0 Å². The van der Waals surface area contributed by atoms with Gasteiger partial charge in [-0.25, -0.2) is 8.70 Å². The van der Waals surface area contributed by atoms with Gasteiger partial charge in [-0.15, -0.1) is 0 Å². The van der Waals surface area contributed by atoms with Gasteiger partial charge in [-0.3, -0.25) is 10.1 Å². The Morgan fingerprint density at radius 1 is 1.20 bits per heavy atom. The molecule has 1 aliphatic rings. The largest absolute Gasteiger partial charge is 0.497 e. The van der Waals surface area contributed by atoms with Crippen LogP contribution in [-0.4, -0.2) is 22.9 Å². The average Bonchev–Trinajstić information content (AvgIpc) is 2.67. The van der Waals surface area contributed by atoms with Crippen LogP contribution >= 0.6 is 12.1 Å². The number of methoxy groups -OCH3 is 1. The molecule has 6 heteroatoms. The lowest BCUT2D eigenvalue weighted by molar-refractivity contribution is 0.415. The Bertz CT molecular complexity index is 947. The van der Waals surface area contributed by atoms with Gasteiger partial charge in [0.2, 0.25) is 0 Å². The first-order chi connectivity index (χ1) is 12.2. The highest BCUT2D eigenvalue weighted by atomic mass is 32.2. The van der Waals surface area contributed by atoms with Crippen LogP contribution in [0.5, 0.6) is 5.75 Å². The van der Waals surface area contributed by atoms with Crippen LogP contribution in [0.1, 0.15) is 11.1 Å². The predicted octanol–water partition coefficient (Wildman–Crippen LogP) is 3.93. The minimum Gasteiger partial charge on any atom is -0.497 e. The van der Waals surface area contributed by atoms with Gasteiger partial charge in [0.05, 0.1) is 12.6 Å².